The zero-order valence-corrected chi connectivity index (χ0v) is 10.6. The second kappa shape index (κ2) is 5.32. The summed E-state index contributed by atoms with van der Waals surface area (Å²) < 4.78 is 53.2. The SMILES string of the molecule is O=S(=O)(NC1CCCCC1)c1c(F)cccc1F. The molecule has 0 saturated heterocycles. The van der Waals surface area contributed by atoms with E-state index >= 15 is 0 Å². The number of hydrogen-bond donors (Lipinski definition) is 1. The molecule has 0 unspecified atom stereocenters. The van der Waals surface area contributed by atoms with Crippen molar-refractivity contribution >= 4 is 10.0 Å². The third kappa shape index (κ3) is 2.87. The average Bonchev–Trinajstić information content (AvgIpc) is 2.28. The quantitative estimate of drug-likeness (QED) is 0.921. The maximum atomic E-state index is 13.4. The van der Waals surface area contributed by atoms with Gasteiger partial charge >= 0.3 is 0 Å². The third-order valence-corrected chi connectivity index (χ3v) is 4.69. The summed E-state index contributed by atoms with van der Waals surface area (Å²) in [6, 6.07) is 2.81. The van der Waals surface area contributed by atoms with Crippen molar-refractivity contribution in [1.29, 1.82) is 0 Å². The highest BCUT2D eigenvalue weighted by Gasteiger charge is 2.27. The molecule has 1 aliphatic carbocycles. The summed E-state index contributed by atoms with van der Waals surface area (Å²) in [5.41, 5.74) is 0. The topological polar surface area (TPSA) is 46.2 Å². The number of hydrogen-bond acceptors (Lipinski definition) is 2. The molecule has 0 amide bonds. The minimum atomic E-state index is -4.12. The third-order valence-electron chi connectivity index (χ3n) is 3.11. The molecule has 1 saturated carbocycles. The zero-order valence-electron chi connectivity index (χ0n) is 9.83. The van der Waals surface area contributed by atoms with E-state index in [1.165, 1.54) is 0 Å². The molecule has 0 heterocycles. The Morgan fingerprint density at radius 1 is 1.06 bits per heavy atom. The molecule has 18 heavy (non-hydrogen) atoms. The average molecular weight is 275 g/mol. The van der Waals surface area contributed by atoms with E-state index in [0.29, 0.717) is 0 Å². The van der Waals surface area contributed by atoms with Gasteiger partial charge in [0.25, 0.3) is 0 Å². The van der Waals surface area contributed by atoms with Crippen LogP contribution in [0, 0.1) is 11.6 Å². The maximum absolute atomic E-state index is 13.4. The summed E-state index contributed by atoms with van der Waals surface area (Å²) >= 11 is 0. The van der Waals surface area contributed by atoms with E-state index in [1.807, 2.05) is 0 Å². The maximum Gasteiger partial charge on any atom is 0.246 e. The molecule has 1 aromatic carbocycles. The molecule has 0 aliphatic heterocycles. The van der Waals surface area contributed by atoms with Crippen molar-refractivity contribution in [3.05, 3.63) is 29.8 Å². The van der Waals surface area contributed by atoms with Gasteiger partial charge in [-0.15, -0.1) is 0 Å². The van der Waals surface area contributed by atoms with Crippen LogP contribution in [-0.4, -0.2) is 14.5 Å². The molecule has 1 aromatic rings. The Morgan fingerprint density at radius 3 is 2.17 bits per heavy atom. The van der Waals surface area contributed by atoms with Gasteiger partial charge in [0.1, 0.15) is 11.6 Å². The van der Waals surface area contributed by atoms with Crippen LogP contribution in [0.25, 0.3) is 0 Å². The van der Waals surface area contributed by atoms with Crippen LogP contribution < -0.4 is 4.72 Å². The Kier molecular flexibility index (Phi) is 3.97. The van der Waals surface area contributed by atoms with Crippen LogP contribution in [0.1, 0.15) is 32.1 Å². The Hall–Kier alpha value is -1.01. The standard InChI is InChI=1S/C12H15F2NO2S/c13-10-7-4-8-11(14)12(10)18(16,17)15-9-5-2-1-3-6-9/h4,7-9,15H,1-3,5-6H2. The van der Waals surface area contributed by atoms with Crippen molar-refractivity contribution < 1.29 is 17.2 Å². The lowest BCUT2D eigenvalue weighted by molar-refractivity contribution is 0.409. The van der Waals surface area contributed by atoms with Gasteiger partial charge in [0, 0.05) is 6.04 Å². The summed E-state index contributed by atoms with van der Waals surface area (Å²) in [6.45, 7) is 0. The summed E-state index contributed by atoms with van der Waals surface area (Å²) in [4.78, 5) is -0.879. The minimum absolute atomic E-state index is 0.220. The fraction of sp³-hybridized carbons (Fsp3) is 0.500. The summed E-state index contributed by atoms with van der Waals surface area (Å²) in [5, 5.41) is 0. The highest BCUT2D eigenvalue weighted by molar-refractivity contribution is 7.89. The van der Waals surface area contributed by atoms with Crippen LogP contribution in [0.2, 0.25) is 0 Å². The second-order valence-electron chi connectivity index (χ2n) is 4.51. The Morgan fingerprint density at radius 2 is 1.61 bits per heavy atom. The first kappa shape index (κ1) is 13.4. The summed E-state index contributed by atoms with van der Waals surface area (Å²) in [7, 11) is -4.12. The molecule has 2 rings (SSSR count). The molecular weight excluding hydrogens is 260 g/mol. The van der Waals surface area contributed by atoms with E-state index in [0.717, 1.165) is 50.3 Å². The normalized spacial score (nSPS) is 17.9. The molecule has 1 N–H and O–H groups in total. The number of nitrogens with one attached hydrogen (secondary N) is 1. The lowest BCUT2D eigenvalue weighted by atomic mass is 9.96. The summed E-state index contributed by atoms with van der Waals surface area (Å²) in [5.74, 6) is -2.11. The first-order chi connectivity index (χ1) is 8.50. The van der Waals surface area contributed by atoms with Gasteiger partial charge in [-0.2, -0.15) is 0 Å². The van der Waals surface area contributed by atoms with Crippen LogP contribution in [0.4, 0.5) is 8.78 Å². The van der Waals surface area contributed by atoms with E-state index in [-0.39, 0.29) is 6.04 Å². The van der Waals surface area contributed by atoms with Gasteiger partial charge in [-0.1, -0.05) is 25.3 Å². The fourth-order valence-electron chi connectivity index (χ4n) is 2.24. The molecule has 3 nitrogen and oxygen atoms in total. The lowest BCUT2D eigenvalue weighted by Crippen LogP contribution is -2.37. The largest absolute Gasteiger partial charge is 0.246 e. The van der Waals surface area contributed by atoms with Crippen molar-refractivity contribution in [3.8, 4) is 0 Å². The second-order valence-corrected chi connectivity index (χ2v) is 6.16. The molecule has 0 bridgehead atoms. The highest BCUT2D eigenvalue weighted by Crippen LogP contribution is 2.22. The van der Waals surface area contributed by atoms with Crippen LogP contribution in [0.15, 0.2) is 23.1 Å². The molecule has 0 spiro atoms. The van der Waals surface area contributed by atoms with E-state index in [2.05, 4.69) is 4.72 Å². The van der Waals surface area contributed by atoms with Crippen molar-refractivity contribution in [1.82, 2.24) is 4.72 Å². The molecule has 1 aliphatic rings. The van der Waals surface area contributed by atoms with Gasteiger partial charge in [0.2, 0.25) is 10.0 Å². The molecule has 0 radical (unpaired) electrons. The van der Waals surface area contributed by atoms with Crippen LogP contribution in [0.3, 0.4) is 0 Å². The van der Waals surface area contributed by atoms with Crippen molar-refractivity contribution in [3.63, 3.8) is 0 Å². The number of rotatable bonds is 3. The first-order valence-electron chi connectivity index (χ1n) is 5.97. The predicted octanol–water partition coefficient (Wildman–Crippen LogP) is 2.58. The van der Waals surface area contributed by atoms with Crippen molar-refractivity contribution in [2.24, 2.45) is 0 Å². The lowest BCUT2D eigenvalue weighted by Gasteiger charge is -2.22. The Balaban J connectivity index is 2.25. The van der Waals surface area contributed by atoms with Crippen molar-refractivity contribution in [2.45, 2.75) is 43.0 Å². The van der Waals surface area contributed by atoms with E-state index in [9.17, 15) is 17.2 Å². The van der Waals surface area contributed by atoms with Crippen LogP contribution in [-0.2, 0) is 10.0 Å². The monoisotopic (exact) mass is 275 g/mol. The Labute approximate surface area is 105 Å². The van der Waals surface area contributed by atoms with E-state index in [4.69, 9.17) is 0 Å². The molecule has 100 valence electrons. The van der Waals surface area contributed by atoms with Crippen LogP contribution in [0.5, 0.6) is 0 Å². The van der Waals surface area contributed by atoms with Crippen molar-refractivity contribution in [2.75, 3.05) is 0 Å². The molecule has 0 aromatic heterocycles. The first-order valence-corrected chi connectivity index (χ1v) is 7.45. The molecular formula is C12H15F2NO2S. The summed E-state index contributed by atoms with van der Waals surface area (Å²) in [6.07, 6.45) is 4.39. The fourth-order valence-corrected chi connectivity index (χ4v) is 3.68. The number of benzene rings is 1. The van der Waals surface area contributed by atoms with Gasteiger partial charge < -0.3 is 0 Å². The van der Waals surface area contributed by atoms with Gasteiger partial charge in [0.15, 0.2) is 4.90 Å². The molecule has 0 atom stereocenters. The van der Waals surface area contributed by atoms with Gasteiger partial charge in [-0.05, 0) is 25.0 Å². The highest BCUT2D eigenvalue weighted by atomic mass is 32.2. The van der Waals surface area contributed by atoms with Gasteiger partial charge in [0.05, 0.1) is 0 Å². The van der Waals surface area contributed by atoms with Gasteiger partial charge in [-0.25, -0.2) is 21.9 Å². The van der Waals surface area contributed by atoms with Crippen LogP contribution >= 0.6 is 0 Å². The predicted molar refractivity (Wildman–Crippen MR) is 63.6 cm³/mol. The molecule has 1 fully saturated rings. The number of sulfonamides is 1. The zero-order chi connectivity index (χ0) is 13.2. The van der Waals surface area contributed by atoms with E-state index in [1.54, 1.807) is 0 Å². The Bertz CT molecular complexity index is 505. The van der Waals surface area contributed by atoms with E-state index < -0.39 is 26.6 Å². The van der Waals surface area contributed by atoms with Gasteiger partial charge in [-0.3, -0.25) is 0 Å². The molecule has 6 heteroatoms. The smallest absolute Gasteiger partial charge is 0.208 e. The minimum Gasteiger partial charge on any atom is -0.208 e. The number of halogens is 2.